The van der Waals surface area contributed by atoms with Crippen molar-refractivity contribution in [3.05, 3.63) is 0 Å². The van der Waals surface area contributed by atoms with E-state index in [0.29, 0.717) is 0 Å². The molecule has 0 N–H and O–H groups in total. The average Bonchev–Trinajstić information content (AvgIpc) is 1.31. The van der Waals surface area contributed by atoms with Crippen molar-refractivity contribution in [2.75, 3.05) is 11.5 Å². The second-order valence-electron chi connectivity index (χ2n) is 1.40. The van der Waals surface area contributed by atoms with Crippen LogP contribution in [0.1, 0.15) is 0 Å². The van der Waals surface area contributed by atoms with Gasteiger partial charge in [0.15, 0.2) is 0 Å². The van der Waals surface area contributed by atoms with Crippen molar-refractivity contribution in [2.24, 2.45) is 0 Å². The van der Waals surface area contributed by atoms with Crippen LogP contribution in [0, 0.1) is 0 Å². The van der Waals surface area contributed by atoms with E-state index in [-0.39, 0.29) is 0 Å². The molecule has 1 aliphatic rings. The zero-order chi connectivity index (χ0) is 4.41. The van der Waals surface area contributed by atoms with Crippen LogP contribution in [0.15, 0.2) is 0 Å². The Morgan fingerprint density at radius 1 is 1.67 bits per heavy atom. The van der Waals surface area contributed by atoms with Gasteiger partial charge in [-0.1, -0.05) is 0 Å². The summed E-state index contributed by atoms with van der Waals surface area (Å²) < 4.78 is 0. The van der Waals surface area contributed by atoms with Crippen LogP contribution in [0.4, 0.5) is 0 Å². The summed E-state index contributed by atoms with van der Waals surface area (Å²) in [6.45, 7) is 0. The number of hydrogen-bond donors (Lipinski definition) is 0. The second-order valence-corrected chi connectivity index (χ2v) is 6.58. The Labute approximate surface area is 54.1 Å². The Morgan fingerprint density at radius 2 is 2.33 bits per heavy atom. The summed E-state index contributed by atoms with van der Waals surface area (Å²) in [7, 11) is 2.18. The van der Waals surface area contributed by atoms with Crippen LogP contribution < -0.4 is 0 Å². The van der Waals surface area contributed by atoms with E-state index < -0.39 is 0 Å². The molecule has 1 saturated heterocycles. The van der Waals surface area contributed by atoms with Gasteiger partial charge in [0.2, 0.25) is 0 Å². The molecule has 0 aromatic carbocycles. The molecule has 6 heavy (non-hydrogen) atoms. The molecule has 0 bridgehead atoms. The van der Waals surface area contributed by atoms with Gasteiger partial charge in [0.05, 0.1) is 0 Å². The van der Waals surface area contributed by atoms with Crippen molar-refractivity contribution in [1.29, 1.82) is 0 Å². The molecule has 36 valence electrons. The molecule has 3 heteroatoms. The van der Waals surface area contributed by atoms with Gasteiger partial charge in [-0.25, -0.2) is 0 Å². The van der Waals surface area contributed by atoms with Crippen LogP contribution in [0.5, 0.6) is 0 Å². The predicted octanol–water partition coefficient (Wildman–Crippen LogP) is 0.115. The molecule has 0 unspecified atom stereocenters. The van der Waals surface area contributed by atoms with E-state index >= 15 is 0 Å². The molecule has 0 nitrogen and oxygen atoms in total. The van der Waals surface area contributed by atoms with Crippen molar-refractivity contribution < 1.29 is 0 Å². The molecule has 0 radical (unpaired) electrons. The number of thioether (sulfide) groups is 1. The van der Waals surface area contributed by atoms with Crippen molar-refractivity contribution in [3.8, 4) is 0 Å². The standard InChI is InChI=1S/C3H8GeS2/c4-6-3-1-5-2-3/h3H,1-2H2,4H3. The Balaban J connectivity index is 2.01. The fraction of sp³-hybridized carbons (Fsp3) is 1.00. The first-order chi connectivity index (χ1) is 2.93. The molecule has 1 rings (SSSR count). The van der Waals surface area contributed by atoms with Crippen molar-refractivity contribution in [1.82, 2.24) is 0 Å². The van der Waals surface area contributed by atoms with Gasteiger partial charge in [-0.3, -0.25) is 0 Å². The third-order valence-corrected chi connectivity index (χ3v) is 7.84. The minimum atomic E-state index is 1.04. The Kier molecular flexibility index (Phi) is 2.27. The van der Waals surface area contributed by atoms with Crippen LogP contribution in [-0.4, -0.2) is 32.1 Å². The summed E-state index contributed by atoms with van der Waals surface area (Å²) in [6, 6.07) is 0. The molecule has 0 aromatic heterocycles. The van der Waals surface area contributed by atoms with Crippen LogP contribution in [-0.2, 0) is 0 Å². The zero-order valence-electron chi connectivity index (χ0n) is 3.81. The first-order valence-corrected chi connectivity index (χ1v) is 9.62. The van der Waals surface area contributed by atoms with Crippen LogP contribution >= 0.6 is 21.8 Å². The molecule has 0 amide bonds. The summed E-state index contributed by atoms with van der Waals surface area (Å²) >= 11 is 3.12. The third-order valence-electron chi connectivity index (χ3n) is 0.941. The molecule has 0 aromatic rings. The van der Waals surface area contributed by atoms with E-state index in [1.54, 1.807) is 0 Å². The normalized spacial score (nSPS) is 24.0. The quantitative estimate of drug-likeness (QED) is 0.526. The van der Waals surface area contributed by atoms with Crippen LogP contribution in [0.25, 0.3) is 0 Å². The monoisotopic (exact) mass is 182 g/mol. The predicted molar refractivity (Wildman–Crippen MR) is 38.6 cm³/mol. The summed E-state index contributed by atoms with van der Waals surface area (Å²) in [6.07, 6.45) is 0. The fourth-order valence-corrected chi connectivity index (χ4v) is 7.58. The molecule has 0 aliphatic carbocycles. The average molecular weight is 181 g/mol. The van der Waals surface area contributed by atoms with E-state index in [1.165, 1.54) is 11.5 Å². The van der Waals surface area contributed by atoms with Crippen LogP contribution in [0.3, 0.4) is 0 Å². The SMILES string of the molecule is [GeH3][S]C1CSC1. The molecule has 1 heterocycles. The first kappa shape index (κ1) is 5.38. The molecular weight excluding hydrogens is 173 g/mol. The van der Waals surface area contributed by atoms with E-state index in [9.17, 15) is 0 Å². The second kappa shape index (κ2) is 2.53. The molecule has 0 atom stereocenters. The van der Waals surface area contributed by atoms with Crippen molar-refractivity contribution in [3.63, 3.8) is 0 Å². The molecule has 1 aliphatic heterocycles. The van der Waals surface area contributed by atoms with Gasteiger partial charge in [0.1, 0.15) is 0 Å². The molecular formula is C3H8GeS2. The number of rotatable bonds is 1. The molecule has 0 spiro atoms. The topological polar surface area (TPSA) is 0 Å². The minimum absolute atomic E-state index is 1.04. The van der Waals surface area contributed by atoms with Gasteiger partial charge in [0.25, 0.3) is 0 Å². The van der Waals surface area contributed by atoms with Gasteiger partial charge in [-0.15, -0.1) is 0 Å². The van der Waals surface area contributed by atoms with E-state index in [4.69, 9.17) is 0 Å². The van der Waals surface area contributed by atoms with Gasteiger partial charge >= 0.3 is 54.0 Å². The van der Waals surface area contributed by atoms with Crippen molar-refractivity contribution >= 4 is 37.2 Å². The third kappa shape index (κ3) is 1.10. The Bertz CT molecular complexity index is 41.3. The number of hydrogen-bond acceptors (Lipinski definition) is 2. The van der Waals surface area contributed by atoms with E-state index in [1.807, 2.05) is 0 Å². The zero-order valence-corrected chi connectivity index (χ0v) is 9.64. The maximum absolute atomic E-state index is 2.18. The van der Waals surface area contributed by atoms with Gasteiger partial charge in [-0.2, -0.15) is 0 Å². The summed E-state index contributed by atoms with van der Waals surface area (Å²) in [5.41, 5.74) is 0. The van der Waals surface area contributed by atoms with Gasteiger partial charge in [-0.05, 0) is 0 Å². The van der Waals surface area contributed by atoms with E-state index in [2.05, 4.69) is 21.8 Å². The van der Waals surface area contributed by atoms with E-state index in [0.717, 1.165) is 20.6 Å². The maximum atomic E-state index is 2.18. The Morgan fingerprint density at radius 3 is 2.33 bits per heavy atom. The van der Waals surface area contributed by atoms with Gasteiger partial charge < -0.3 is 0 Å². The summed E-state index contributed by atoms with van der Waals surface area (Å²) in [5.74, 6) is 2.87. The fourth-order valence-electron chi connectivity index (χ4n) is 0.350. The first-order valence-electron chi connectivity index (χ1n) is 2.04. The van der Waals surface area contributed by atoms with Crippen molar-refractivity contribution in [2.45, 2.75) is 5.25 Å². The Hall–Kier alpha value is 1.24. The molecule has 1 fully saturated rings. The van der Waals surface area contributed by atoms with Gasteiger partial charge in [0, 0.05) is 0 Å². The molecule has 0 saturated carbocycles. The summed E-state index contributed by atoms with van der Waals surface area (Å²) in [5, 5.41) is 1.08. The van der Waals surface area contributed by atoms with Crippen LogP contribution in [0.2, 0.25) is 0 Å². The summed E-state index contributed by atoms with van der Waals surface area (Å²) in [4.78, 5) is 0.